The first-order valence-corrected chi connectivity index (χ1v) is 12.2. The Hall–Kier alpha value is -3.67. The number of fused-ring (bicyclic) bond motifs is 1. The number of aryl methyl sites for hydroxylation is 2. The van der Waals surface area contributed by atoms with E-state index in [0.717, 1.165) is 64.2 Å². The van der Waals surface area contributed by atoms with E-state index in [1.807, 2.05) is 56.5 Å². The molecule has 2 heterocycles. The number of benzene rings is 2. The second-order valence-corrected chi connectivity index (χ2v) is 10.5. The topological polar surface area (TPSA) is 68.5 Å². The number of ether oxygens (including phenoxy) is 1. The number of carbonyl (C=O) groups excluding carboxylic acids is 1. The smallest absolute Gasteiger partial charge is 0.408 e. The molecule has 0 atom stereocenters. The molecular weight excluding hydrogens is 436 g/mol. The van der Waals surface area contributed by atoms with Gasteiger partial charge in [-0.3, -0.25) is 0 Å². The fourth-order valence-electron chi connectivity index (χ4n) is 4.86. The molecule has 1 aliphatic carbocycles. The van der Waals surface area contributed by atoms with Crippen molar-refractivity contribution in [2.45, 2.75) is 65.0 Å². The Labute approximate surface area is 206 Å². The zero-order valence-electron chi connectivity index (χ0n) is 21.1. The van der Waals surface area contributed by atoms with E-state index in [1.54, 1.807) is 0 Å². The van der Waals surface area contributed by atoms with Crippen molar-refractivity contribution < 1.29 is 9.53 Å². The fourth-order valence-corrected chi connectivity index (χ4v) is 4.86. The van der Waals surface area contributed by atoms with Crippen LogP contribution in [0, 0.1) is 13.8 Å². The van der Waals surface area contributed by atoms with Gasteiger partial charge in [-0.25, -0.2) is 14.3 Å². The van der Waals surface area contributed by atoms with E-state index in [9.17, 15) is 4.79 Å². The van der Waals surface area contributed by atoms with Crippen LogP contribution in [0.1, 0.15) is 57.0 Å². The lowest BCUT2D eigenvalue weighted by molar-refractivity contribution is 0.0377. The average Bonchev–Trinajstić information content (AvgIpc) is 3.15. The molecule has 1 N–H and O–H groups in total. The van der Waals surface area contributed by atoms with Crippen LogP contribution in [0.25, 0.3) is 28.0 Å². The van der Waals surface area contributed by atoms with Crippen LogP contribution in [-0.2, 0) is 10.3 Å². The molecule has 35 heavy (non-hydrogen) atoms. The predicted molar refractivity (Wildman–Crippen MR) is 138 cm³/mol. The summed E-state index contributed by atoms with van der Waals surface area (Å²) in [5.41, 5.74) is 7.07. The van der Waals surface area contributed by atoms with Crippen LogP contribution in [0.2, 0.25) is 0 Å². The maximum absolute atomic E-state index is 12.5. The Morgan fingerprint density at radius 1 is 1.00 bits per heavy atom. The fraction of sp³-hybridized carbons (Fsp3) is 0.345. The van der Waals surface area contributed by atoms with Gasteiger partial charge >= 0.3 is 6.09 Å². The number of nitrogens with one attached hydrogen (secondary N) is 1. The van der Waals surface area contributed by atoms with Gasteiger partial charge in [-0.1, -0.05) is 54.6 Å². The van der Waals surface area contributed by atoms with Crippen molar-refractivity contribution >= 4 is 11.7 Å². The van der Waals surface area contributed by atoms with Crippen LogP contribution in [-0.4, -0.2) is 26.3 Å². The molecular formula is C29H32N4O2. The Kier molecular flexibility index (Phi) is 5.62. The quantitative estimate of drug-likeness (QED) is 0.367. The Morgan fingerprint density at radius 3 is 2.29 bits per heavy atom. The molecule has 2 aromatic heterocycles. The maximum Gasteiger partial charge on any atom is 0.408 e. The summed E-state index contributed by atoms with van der Waals surface area (Å²) >= 11 is 0. The summed E-state index contributed by atoms with van der Waals surface area (Å²) in [4.78, 5) is 17.4. The zero-order chi connectivity index (χ0) is 24.8. The monoisotopic (exact) mass is 468 g/mol. The van der Waals surface area contributed by atoms with Gasteiger partial charge in [-0.15, -0.1) is 0 Å². The summed E-state index contributed by atoms with van der Waals surface area (Å²) in [6.07, 6.45) is 2.51. The SMILES string of the molecule is Cc1cc(C)n2nc(-c3ccc(C4(NC(=O)OC(C)(C)C)CCC4)cc3)c(-c3ccccc3)c2n1. The number of nitrogens with zero attached hydrogens (tertiary/aromatic N) is 3. The van der Waals surface area contributed by atoms with Crippen molar-refractivity contribution in [1.29, 1.82) is 0 Å². The first kappa shape index (κ1) is 23.1. The van der Waals surface area contributed by atoms with Gasteiger partial charge in [0.25, 0.3) is 0 Å². The van der Waals surface area contributed by atoms with Crippen LogP contribution >= 0.6 is 0 Å². The lowest BCUT2D eigenvalue weighted by Crippen LogP contribution is -2.52. The lowest BCUT2D eigenvalue weighted by atomic mass is 9.71. The number of amides is 1. The first-order valence-electron chi connectivity index (χ1n) is 12.2. The number of rotatable bonds is 4. The molecule has 0 unspecified atom stereocenters. The van der Waals surface area contributed by atoms with E-state index in [4.69, 9.17) is 14.8 Å². The molecule has 2 aromatic carbocycles. The van der Waals surface area contributed by atoms with E-state index >= 15 is 0 Å². The largest absolute Gasteiger partial charge is 0.444 e. The minimum atomic E-state index is -0.527. The Balaban J connectivity index is 1.54. The molecule has 4 aromatic rings. The second-order valence-electron chi connectivity index (χ2n) is 10.5. The van der Waals surface area contributed by atoms with Crippen molar-refractivity contribution in [2.75, 3.05) is 0 Å². The number of hydrogen-bond donors (Lipinski definition) is 1. The molecule has 1 aliphatic rings. The standard InChI is InChI=1S/C29H32N4O2/c1-19-18-20(2)33-26(30-19)24(21-10-7-6-8-11-21)25(32-33)22-12-14-23(15-13-22)29(16-9-17-29)31-27(34)35-28(3,4)5/h6-8,10-15,18H,9,16-17H2,1-5H3,(H,31,34). The molecule has 0 bridgehead atoms. The van der Waals surface area contributed by atoms with Gasteiger partial charge in [0.05, 0.1) is 11.1 Å². The van der Waals surface area contributed by atoms with Gasteiger partial charge in [-0.05, 0) is 71.1 Å². The molecule has 180 valence electrons. The molecule has 6 heteroatoms. The highest BCUT2D eigenvalue weighted by molar-refractivity contribution is 5.90. The van der Waals surface area contributed by atoms with Crippen LogP contribution in [0.3, 0.4) is 0 Å². The third-order valence-corrected chi connectivity index (χ3v) is 6.62. The van der Waals surface area contributed by atoms with Crippen LogP contribution < -0.4 is 5.32 Å². The van der Waals surface area contributed by atoms with Crippen LogP contribution in [0.15, 0.2) is 60.7 Å². The number of aromatic nitrogens is 3. The summed E-state index contributed by atoms with van der Waals surface area (Å²) in [6, 6.07) is 20.8. The molecule has 1 saturated carbocycles. The van der Waals surface area contributed by atoms with Gasteiger partial charge in [0, 0.05) is 17.0 Å². The number of carbonyl (C=O) groups is 1. The average molecular weight is 469 g/mol. The molecule has 0 radical (unpaired) electrons. The van der Waals surface area contributed by atoms with Crippen molar-refractivity contribution in [1.82, 2.24) is 19.9 Å². The zero-order valence-corrected chi connectivity index (χ0v) is 21.1. The summed E-state index contributed by atoms with van der Waals surface area (Å²) in [6.45, 7) is 9.71. The Morgan fingerprint density at radius 2 is 1.69 bits per heavy atom. The van der Waals surface area contributed by atoms with Gasteiger partial charge in [0.15, 0.2) is 5.65 Å². The third kappa shape index (κ3) is 4.41. The van der Waals surface area contributed by atoms with Gasteiger partial charge < -0.3 is 10.1 Å². The first-order chi connectivity index (χ1) is 16.7. The van der Waals surface area contributed by atoms with Crippen LogP contribution in [0.5, 0.6) is 0 Å². The van der Waals surface area contributed by atoms with Crippen molar-refractivity contribution in [2.24, 2.45) is 0 Å². The second kappa shape index (κ2) is 8.52. The highest BCUT2D eigenvalue weighted by atomic mass is 16.6. The number of alkyl carbamates (subject to hydrolysis) is 1. The van der Waals surface area contributed by atoms with E-state index < -0.39 is 5.60 Å². The summed E-state index contributed by atoms with van der Waals surface area (Å²) in [5.74, 6) is 0. The minimum absolute atomic E-state index is 0.370. The summed E-state index contributed by atoms with van der Waals surface area (Å²) in [7, 11) is 0. The van der Waals surface area contributed by atoms with E-state index in [0.29, 0.717) is 0 Å². The third-order valence-electron chi connectivity index (χ3n) is 6.62. The Bertz CT molecular complexity index is 1380. The highest BCUT2D eigenvalue weighted by Crippen LogP contribution is 2.43. The summed E-state index contributed by atoms with van der Waals surface area (Å²) < 4.78 is 7.46. The number of hydrogen-bond acceptors (Lipinski definition) is 4. The van der Waals surface area contributed by atoms with E-state index in [2.05, 4.69) is 48.6 Å². The lowest BCUT2D eigenvalue weighted by Gasteiger charge is -2.43. The molecule has 0 saturated heterocycles. The molecule has 1 fully saturated rings. The van der Waals surface area contributed by atoms with E-state index in [1.165, 1.54) is 0 Å². The molecule has 0 aliphatic heterocycles. The molecule has 1 amide bonds. The highest BCUT2D eigenvalue weighted by Gasteiger charge is 2.41. The molecule has 0 spiro atoms. The van der Waals surface area contributed by atoms with Gasteiger partial charge in [0.1, 0.15) is 11.3 Å². The van der Waals surface area contributed by atoms with Gasteiger partial charge in [0.2, 0.25) is 0 Å². The van der Waals surface area contributed by atoms with Crippen molar-refractivity contribution in [3.05, 3.63) is 77.6 Å². The summed E-state index contributed by atoms with van der Waals surface area (Å²) in [5, 5.41) is 8.12. The van der Waals surface area contributed by atoms with Crippen molar-refractivity contribution in [3.8, 4) is 22.4 Å². The van der Waals surface area contributed by atoms with Crippen molar-refractivity contribution in [3.63, 3.8) is 0 Å². The molecule has 5 rings (SSSR count). The van der Waals surface area contributed by atoms with E-state index in [-0.39, 0.29) is 11.6 Å². The molecule has 6 nitrogen and oxygen atoms in total. The van der Waals surface area contributed by atoms with Crippen LogP contribution in [0.4, 0.5) is 4.79 Å². The van der Waals surface area contributed by atoms with Gasteiger partial charge in [-0.2, -0.15) is 5.10 Å². The predicted octanol–water partition coefficient (Wildman–Crippen LogP) is 6.58. The normalized spacial score (nSPS) is 15.0. The minimum Gasteiger partial charge on any atom is -0.444 e. The maximum atomic E-state index is 12.5.